The van der Waals surface area contributed by atoms with Crippen LogP contribution in [0.15, 0.2) is 24.3 Å². The predicted molar refractivity (Wildman–Crippen MR) is 55.4 cm³/mol. The van der Waals surface area contributed by atoms with Crippen LogP contribution in [0, 0.1) is 0 Å². The Morgan fingerprint density at radius 3 is 2.54 bits per heavy atom. The second-order valence-electron chi connectivity index (χ2n) is 3.06. The van der Waals surface area contributed by atoms with Crippen LogP contribution in [0.4, 0.5) is 0 Å². The predicted octanol–water partition coefficient (Wildman–Crippen LogP) is 1.31. The topological polar surface area (TPSA) is 18.5 Å². The van der Waals surface area contributed by atoms with Crippen LogP contribution in [0.2, 0.25) is 6.82 Å². The minimum absolute atomic E-state index is 0.302. The number of fused-ring (bicyclic) bond motifs is 1. The Kier molecular flexibility index (Phi) is 3.99. The fraction of sp³-hybridized carbons (Fsp3) is 0.400. The van der Waals surface area contributed by atoms with Crippen molar-refractivity contribution in [1.29, 1.82) is 0 Å². The standard InChI is InChI=1S/C8H9BO.C2H6O/c1-9-8-5-3-2-4-7(8)6-10-9;1-3-2/h2-5H,6H2,1H3;1-2H3. The van der Waals surface area contributed by atoms with Crippen LogP contribution < -0.4 is 5.46 Å². The molecule has 2 rings (SSSR count). The van der Waals surface area contributed by atoms with Crippen LogP contribution in [0.3, 0.4) is 0 Å². The molecule has 0 radical (unpaired) electrons. The highest BCUT2D eigenvalue weighted by molar-refractivity contribution is 6.67. The van der Waals surface area contributed by atoms with E-state index in [1.807, 2.05) is 0 Å². The fourth-order valence-electron chi connectivity index (χ4n) is 1.37. The quantitative estimate of drug-likeness (QED) is 0.557. The van der Waals surface area contributed by atoms with Crippen LogP contribution in [-0.4, -0.2) is 21.1 Å². The summed E-state index contributed by atoms with van der Waals surface area (Å²) in [6.07, 6.45) is 0. The highest BCUT2D eigenvalue weighted by atomic mass is 16.5. The third-order valence-corrected chi connectivity index (χ3v) is 1.98. The molecule has 13 heavy (non-hydrogen) atoms. The third-order valence-electron chi connectivity index (χ3n) is 1.98. The van der Waals surface area contributed by atoms with Crippen molar-refractivity contribution in [2.24, 2.45) is 0 Å². The molecule has 0 aromatic heterocycles. The molecule has 0 fully saturated rings. The maximum absolute atomic E-state index is 5.42. The van der Waals surface area contributed by atoms with Crippen LogP contribution >= 0.6 is 0 Å². The van der Waals surface area contributed by atoms with Crippen molar-refractivity contribution in [3.63, 3.8) is 0 Å². The number of hydrogen-bond acceptors (Lipinski definition) is 2. The van der Waals surface area contributed by atoms with Gasteiger partial charge in [-0.25, -0.2) is 0 Å². The molecule has 0 saturated carbocycles. The maximum atomic E-state index is 5.42. The first kappa shape index (κ1) is 10.3. The molecule has 0 N–H and O–H groups in total. The zero-order chi connectivity index (χ0) is 9.68. The average molecular weight is 178 g/mol. The van der Waals surface area contributed by atoms with Crippen molar-refractivity contribution in [2.45, 2.75) is 13.4 Å². The van der Waals surface area contributed by atoms with E-state index in [0.717, 1.165) is 6.61 Å². The first-order valence-corrected chi connectivity index (χ1v) is 4.39. The SMILES string of the molecule is CB1OCc2ccccc21.COC. The van der Waals surface area contributed by atoms with Gasteiger partial charge in [0.05, 0.1) is 6.61 Å². The number of methoxy groups -OCH3 is 1. The molecule has 0 unspecified atom stereocenters. The highest BCUT2D eigenvalue weighted by Crippen LogP contribution is 2.08. The van der Waals surface area contributed by atoms with Crippen LogP contribution in [0.1, 0.15) is 5.56 Å². The summed E-state index contributed by atoms with van der Waals surface area (Å²) in [6, 6.07) is 8.37. The summed E-state index contributed by atoms with van der Waals surface area (Å²) >= 11 is 0. The van der Waals surface area contributed by atoms with Gasteiger partial charge in [0.15, 0.2) is 0 Å². The first-order chi connectivity index (χ1) is 6.29. The van der Waals surface area contributed by atoms with E-state index < -0.39 is 0 Å². The Labute approximate surface area is 80.0 Å². The van der Waals surface area contributed by atoms with Gasteiger partial charge >= 0.3 is 6.92 Å². The largest absolute Gasteiger partial charge is 0.427 e. The van der Waals surface area contributed by atoms with Crippen molar-refractivity contribution in [3.8, 4) is 0 Å². The summed E-state index contributed by atoms with van der Waals surface area (Å²) in [5.74, 6) is 0. The van der Waals surface area contributed by atoms with Gasteiger partial charge in [0.25, 0.3) is 0 Å². The summed E-state index contributed by atoms with van der Waals surface area (Å²) in [6.45, 7) is 3.18. The van der Waals surface area contributed by atoms with E-state index in [-0.39, 0.29) is 0 Å². The van der Waals surface area contributed by atoms with E-state index in [4.69, 9.17) is 4.65 Å². The summed E-state index contributed by atoms with van der Waals surface area (Å²) in [5.41, 5.74) is 2.69. The van der Waals surface area contributed by atoms with Crippen molar-refractivity contribution in [3.05, 3.63) is 29.8 Å². The van der Waals surface area contributed by atoms with Gasteiger partial charge in [-0.3, -0.25) is 0 Å². The molecule has 0 spiro atoms. The molecular weight excluding hydrogens is 163 g/mol. The van der Waals surface area contributed by atoms with Gasteiger partial charge in [-0.2, -0.15) is 0 Å². The fourth-order valence-corrected chi connectivity index (χ4v) is 1.37. The lowest BCUT2D eigenvalue weighted by molar-refractivity contribution is 0.277. The first-order valence-electron chi connectivity index (χ1n) is 4.39. The third kappa shape index (κ3) is 2.57. The number of rotatable bonds is 0. The normalized spacial score (nSPS) is 13.3. The molecule has 0 amide bonds. The smallest absolute Gasteiger partial charge is 0.324 e. The molecule has 2 nitrogen and oxygen atoms in total. The number of ether oxygens (including phenoxy) is 1. The molecule has 0 aliphatic carbocycles. The lowest BCUT2D eigenvalue weighted by atomic mass is 9.64. The van der Waals surface area contributed by atoms with Crippen LogP contribution in [0.5, 0.6) is 0 Å². The molecule has 0 saturated heterocycles. The second-order valence-corrected chi connectivity index (χ2v) is 3.06. The second kappa shape index (κ2) is 5.05. The molecule has 1 heterocycles. The molecule has 1 aliphatic heterocycles. The molecule has 1 aromatic carbocycles. The Bertz CT molecular complexity index is 263. The van der Waals surface area contributed by atoms with Crippen molar-refractivity contribution < 1.29 is 9.39 Å². The minimum Gasteiger partial charge on any atom is -0.427 e. The number of hydrogen-bond donors (Lipinski definition) is 0. The average Bonchev–Trinajstić information content (AvgIpc) is 2.50. The van der Waals surface area contributed by atoms with Crippen LogP contribution in [0.25, 0.3) is 0 Å². The maximum Gasteiger partial charge on any atom is 0.324 e. The van der Waals surface area contributed by atoms with E-state index in [1.54, 1.807) is 14.2 Å². The van der Waals surface area contributed by atoms with E-state index in [0.29, 0.717) is 6.92 Å². The monoisotopic (exact) mass is 178 g/mol. The van der Waals surface area contributed by atoms with Gasteiger partial charge in [-0.05, 0) is 11.0 Å². The van der Waals surface area contributed by atoms with E-state index >= 15 is 0 Å². The summed E-state index contributed by atoms with van der Waals surface area (Å²) in [4.78, 5) is 0. The van der Waals surface area contributed by atoms with Gasteiger partial charge in [0, 0.05) is 14.2 Å². The lowest BCUT2D eigenvalue weighted by Gasteiger charge is -1.95. The molecule has 70 valence electrons. The summed E-state index contributed by atoms with van der Waals surface area (Å²) < 4.78 is 9.67. The number of benzene rings is 1. The Morgan fingerprint density at radius 2 is 1.92 bits per heavy atom. The Morgan fingerprint density at radius 1 is 1.31 bits per heavy atom. The van der Waals surface area contributed by atoms with Gasteiger partial charge in [-0.1, -0.05) is 31.1 Å². The van der Waals surface area contributed by atoms with E-state index in [1.165, 1.54) is 11.0 Å². The molecule has 1 aliphatic rings. The molecule has 3 heteroatoms. The molecule has 1 aromatic rings. The van der Waals surface area contributed by atoms with Crippen molar-refractivity contribution in [2.75, 3.05) is 14.2 Å². The van der Waals surface area contributed by atoms with Crippen LogP contribution in [-0.2, 0) is 16.0 Å². The Hall–Kier alpha value is -0.795. The minimum atomic E-state index is 0.302. The van der Waals surface area contributed by atoms with E-state index in [9.17, 15) is 0 Å². The van der Waals surface area contributed by atoms with Crippen molar-refractivity contribution >= 4 is 12.4 Å². The zero-order valence-electron chi connectivity index (χ0n) is 8.41. The van der Waals surface area contributed by atoms with Crippen molar-refractivity contribution in [1.82, 2.24) is 0 Å². The lowest BCUT2D eigenvalue weighted by Crippen LogP contribution is -2.23. The van der Waals surface area contributed by atoms with Gasteiger partial charge in [0.2, 0.25) is 0 Å². The van der Waals surface area contributed by atoms with Gasteiger partial charge in [-0.15, -0.1) is 0 Å². The zero-order valence-corrected chi connectivity index (χ0v) is 8.41. The molecular formula is C10H15BO2. The highest BCUT2D eigenvalue weighted by Gasteiger charge is 2.21. The van der Waals surface area contributed by atoms with Gasteiger partial charge < -0.3 is 9.39 Å². The van der Waals surface area contributed by atoms with Gasteiger partial charge in [0.1, 0.15) is 0 Å². The summed E-state index contributed by atoms with van der Waals surface area (Å²) in [7, 11) is 3.25. The summed E-state index contributed by atoms with van der Waals surface area (Å²) in [5, 5.41) is 0. The Balaban J connectivity index is 0.000000251. The van der Waals surface area contributed by atoms with E-state index in [2.05, 4.69) is 35.8 Å². The molecule has 0 bridgehead atoms. The molecule has 0 atom stereocenters.